The van der Waals surface area contributed by atoms with Gasteiger partial charge in [-0.25, -0.2) is 9.59 Å². The first-order chi connectivity index (χ1) is 13.2. The third-order valence-electron chi connectivity index (χ3n) is 4.56. The second kappa shape index (κ2) is 9.53. The van der Waals surface area contributed by atoms with Crippen LogP contribution >= 0.6 is 11.3 Å². The van der Waals surface area contributed by atoms with E-state index in [0.717, 1.165) is 39.1 Å². The number of benzene rings is 1. The third kappa shape index (κ3) is 5.55. The van der Waals surface area contributed by atoms with Crippen LogP contribution in [0.4, 0.5) is 10.5 Å². The summed E-state index contributed by atoms with van der Waals surface area (Å²) in [5.41, 5.74) is 1.15. The molecule has 1 aromatic heterocycles. The van der Waals surface area contributed by atoms with Crippen LogP contribution in [0.5, 0.6) is 0 Å². The zero-order valence-corrected chi connectivity index (χ0v) is 16.3. The number of amides is 2. The number of esters is 1. The van der Waals surface area contributed by atoms with E-state index in [9.17, 15) is 9.59 Å². The molecular weight excluding hydrogens is 362 g/mol. The van der Waals surface area contributed by atoms with Gasteiger partial charge in [0, 0.05) is 43.3 Å². The molecular formula is C20H25N3O3S. The van der Waals surface area contributed by atoms with Crippen molar-refractivity contribution >= 4 is 29.0 Å². The minimum atomic E-state index is -0.353. The second-order valence-electron chi connectivity index (χ2n) is 6.39. The van der Waals surface area contributed by atoms with Crippen LogP contribution in [0.15, 0.2) is 41.8 Å². The molecule has 0 atom stereocenters. The molecule has 144 valence electrons. The van der Waals surface area contributed by atoms with Crippen LogP contribution in [-0.4, -0.2) is 61.1 Å². The van der Waals surface area contributed by atoms with Crippen molar-refractivity contribution in [2.75, 3.05) is 44.6 Å². The van der Waals surface area contributed by atoms with Gasteiger partial charge in [0.15, 0.2) is 0 Å². The lowest BCUT2D eigenvalue weighted by atomic mass is 10.2. The molecule has 2 aromatic rings. The molecule has 27 heavy (non-hydrogen) atoms. The van der Waals surface area contributed by atoms with Crippen molar-refractivity contribution in [2.45, 2.75) is 13.3 Å². The predicted octanol–water partition coefficient (Wildman–Crippen LogP) is 3.32. The van der Waals surface area contributed by atoms with Gasteiger partial charge < -0.3 is 15.0 Å². The lowest BCUT2D eigenvalue weighted by Gasteiger charge is -2.34. The average Bonchev–Trinajstić information content (AvgIpc) is 3.21. The van der Waals surface area contributed by atoms with E-state index >= 15 is 0 Å². The van der Waals surface area contributed by atoms with Crippen LogP contribution < -0.4 is 5.32 Å². The Kier molecular flexibility index (Phi) is 6.84. The number of piperazine rings is 1. The van der Waals surface area contributed by atoms with Gasteiger partial charge in [0.05, 0.1) is 12.2 Å². The van der Waals surface area contributed by atoms with Gasteiger partial charge in [-0.1, -0.05) is 6.07 Å². The predicted molar refractivity (Wildman–Crippen MR) is 107 cm³/mol. The van der Waals surface area contributed by atoms with Crippen LogP contribution in [0.2, 0.25) is 0 Å². The Bertz CT molecular complexity index is 738. The Labute approximate surface area is 163 Å². The van der Waals surface area contributed by atoms with E-state index in [2.05, 4.69) is 27.7 Å². The number of nitrogens with zero attached hydrogens (tertiary/aromatic N) is 2. The smallest absolute Gasteiger partial charge is 0.338 e. The maximum absolute atomic E-state index is 12.4. The molecule has 1 saturated heterocycles. The average molecular weight is 388 g/mol. The summed E-state index contributed by atoms with van der Waals surface area (Å²) in [5, 5.41) is 5.01. The maximum atomic E-state index is 12.4. The van der Waals surface area contributed by atoms with Crippen molar-refractivity contribution in [3.8, 4) is 0 Å². The quantitative estimate of drug-likeness (QED) is 0.773. The molecule has 0 saturated carbocycles. The van der Waals surface area contributed by atoms with E-state index in [4.69, 9.17) is 4.74 Å². The van der Waals surface area contributed by atoms with E-state index in [-0.39, 0.29) is 12.0 Å². The highest BCUT2D eigenvalue weighted by Crippen LogP contribution is 2.14. The molecule has 1 aliphatic heterocycles. The third-order valence-corrected chi connectivity index (χ3v) is 5.50. The zero-order chi connectivity index (χ0) is 19.1. The summed E-state index contributed by atoms with van der Waals surface area (Å²) in [6.45, 7) is 6.37. The van der Waals surface area contributed by atoms with Crippen molar-refractivity contribution < 1.29 is 14.3 Å². The second-order valence-corrected chi connectivity index (χ2v) is 7.42. The van der Waals surface area contributed by atoms with Gasteiger partial charge in [0.25, 0.3) is 0 Å². The first-order valence-corrected chi connectivity index (χ1v) is 10.1. The van der Waals surface area contributed by atoms with Crippen LogP contribution in [0.25, 0.3) is 0 Å². The molecule has 2 heterocycles. The number of carbonyl (C=O) groups excluding carboxylic acids is 2. The van der Waals surface area contributed by atoms with Crippen molar-refractivity contribution in [1.82, 2.24) is 9.80 Å². The van der Waals surface area contributed by atoms with Gasteiger partial charge in [-0.2, -0.15) is 0 Å². The minimum absolute atomic E-state index is 0.100. The first kappa shape index (κ1) is 19.4. The van der Waals surface area contributed by atoms with E-state index in [0.29, 0.717) is 17.9 Å². The van der Waals surface area contributed by atoms with Crippen LogP contribution in [0.3, 0.4) is 0 Å². The number of anilines is 1. The van der Waals surface area contributed by atoms with Gasteiger partial charge >= 0.3 is 12.0 Å². The lowest BCUT2D eigenvalue weighted by molar-refractivity contribution is 0.0526. The summed E-state index contributed by atoms with van der Waals surface area (Å²) in [5.74, 6) is -0.353. The van der Waals surface area contributed by atoms with E-state index in [1.807, 2.05) is 4.90 Å². The van der Waals surface area contributed by atoms with Gasteiger partial charge in [0.1, 0.15) is 0 Å². The van der Waals surface area contributed by atoms with E-state index in [1.54, 1.807) is 42.5 Å². The van der Waals surface area contributed by atoms with E-state index in [1.165, 1.54) is 4.88 Å². The molecule has 1 aliphatic rings. The number of hydrogen-bond donors (Lipinski definition) is 1. The number of nitrogens with one attached hydrogen (secondary N) is 1. The summed E-state index contributed by atoms with van der Waals surface area (Å²) in [6, 6.07) is 10.9. The summed E-state index contributed by atoms with van der Waals surface area (Å²) in [7, 11) is 0. The summed E-state index contributed by atoms with van der Waals surface area (Å²) in [4.78, 5) is 29.7. The number of rotatable bonds is 6. The largest absolute Gasteiger partial charge is 0.462 e. The molecule has 0 bridgehead atoms. The minimum Gasteiger partial charge on any atom is -0.462 e. The molecule has 0 unspecified atom stereocenters. The molecule has 2 amide bonds. The van der Waals surface area contributed by atoms with Crippen LogP contribution in [0, 0.1) is 0 Å². The molecule has 1 N–H and O–H groups in total. The number of ether oxygens (including phenoxy) is 1. The van der Waals surface area contributed by atoms with Gasteiger partial charge in [0.2, 0.25) is 0 Å². The molecule has 0 aliphatic carbocycles. The monoisotopic (exact) mass is 387 g/mol. The van der Waals surface area contributed by atoms with Gasteiger partial charge in [-0.05, 0) is 49.1 Å². The Hall–Kier alpha value is -2.38. The van der Waals surface area contributed by atoms with Crippen molar-refractivity contribution in [2.24, 2.45) is 0 Å². The van der Waals surface area contributed by atoms with Gasteiger partial charge in [-0.15, -0.1) is 11.3 Å². The standard InChI is InChI=1S/C20H25N3O3S/c1-2-26-19(24)16-5-7-17(8-6-16)21-20(25)23-13-11-22(12-14-23)10-9-18-4-3-15-27-18/h3-8,15H,2,9-14H2,1H3,(H,21,25). The number of urea groups is 1. The Morgan fingerprint density at radius 1 is 1.11 bits per heavy atom. The fourth-order valence-electron chi connectivity index (χ4n) is 3.00. The van der Waals surface area contributed by atoms with Gasteiger partial charge in [-0.3, -0.25) is 4.90 Å². The molecule has 1 fully saturated rings. The topological polar surface area (TPSA) is 61.9 Å². The molecule has 1 aromatic carbocycles. The SMILES string of the molecule is CCOC(=O)c1ccc(NC(=O)N2CCN(CCc3cccs3)CC2)cc1. The zero-order valence-electron chi connectivity index (χ0n) is 15.5. The lowest BCUT2D eigenvalue weighted by Crippen LogP contribution is -2.50. The fraction of sp³-hybridized carbons (Fsp3) is 0.400. The van der Waals surface area contributed by atoms with Crippen LogP contribution in [0.1, 0.15) is 22.2 Å². The Balaban J connectivity index is 1.43. The molecule has 0 radical (unpaired) electrons. The number of carbonyl (C=O) groups is 2. The van der Waals surface area contributed by atoms with Crippen LogP contribution in [-0.2, 0) is 11.2 Å². The molecule has 0 spiro atoms. The van der Waals surface area contributed by atoms with Crippen molar-refractivity contribution in [3.05, 3.63) is 52.2 Å². The summed E-state index contributed by atoms with van der Waals surface area (Å²) in [6.07, 6.45) is 1.07. The Morgan fingerprint density at radius 3 is 2.48 bits per heavy atom. The fourth-order valence-corrected chi connectivity index (χ4v) is 3.70. The van der Waals surface area contributed by atoms with Crippen molar-refractivity contribution in [3.63, 3.8) is 0 Å². The molecule has 6 nitrogen and oxygen atoms in total. The highest BCUT2D eigenvalue weighted by molar-refractivity contribution is 7.09. The van der Waals surface area contributed by atoms with E-state index < -0.39 is 0 Å². The summed E-state index contributed by atoms with van der Waals surface area (Å²) >= 11 is 1.79. The highest BCUT2D eigenvalue weighted by atomic mass is 32.1. The first-order valence-electron chi connectivity index (χ1n) is 9.23. The molecule has 7 heteroatoms. The number of thiophene rings is 1. The molecule has 3 rings (SSSR count). The van der Waals surface area contributed by atoms with Crippen molar-refractivity contribution in [1.29, 1.82) is 0 Å². The summed E-state index contributed by atoms with van der Waals surface area (Å²) < 4.78 is 4.96. The Morgan fingerprint density at radius 2 is 1.85 bits per heavy atom. The highest BCUT2D eigenvalue weighted by Gasteiger charge is 2.21. The maximum Gasteiger partial charge on any atom is 0.338 e. The normalized spacial score (nSPS) is 14.8. The number of hydrogen-bond acceptors (Lipinski definition) is 5.